The van der Waals surface area contributed by atoms with Crippen LogP contribution in [0, 0.1) is 6.92 Å². The van der Waals surface area contributed by atoms with E-state index in [2.05, 4.69) is 15.3 Å². The Kier molecular flexibility index (Phi) is 5.31. The van der Waals surface area contributed by atoms with E-state index in [1.54, 1.807) is 24.3 Å². The molecule has 0 spiro atoms. The molecule has 1 atom stereocenters. The molecule has 3 aromatic rings. The molecule has 1 aromatic heterocycles. The van der Waals surface area contributed by atoms with Crippen LogP contribution in [0.4, 0.5) is 5.69 Å². The molecule has 0 unspecified atom stereocenters. The van der Waals surface area contributed by atoms with Crippen molar-refractivity contribution in [2.24, 2.45) is 0 Å². The number of carbonyl (C=O) groups excluding carboxylic acids is 2. The van der Waals surface area contributed by atoms with Crippen LogP contribution < -0.4 is 10.2 Å². The summed E-state index contributed by atoms with van der Waals surface area (Å²) < 4.78 is 0. The van der Waals surface area contributed by atoms with Gasteiger partial charge >= 0.3 is 0 Å². The van der Waals surface area contributed by atoms with E-state index in [4.69, 9.17) is 0 Å². The average molecular weight is 400 g/mol. The van der Waals surface area contributed by atoms with Crippen LogP contribution in [0.5, 0.6) is 0 Å². The minimum absolute atomic E-state index is 0.0576. The SMILES string of the molecule is Cc1cnc(CNC(=O)C[C@@]2(Cc3ccccc3)C(=O)N(C)c3ccccc32)cn1. The van der Waals surface area contributed by atoms with Crippen LogP contribution >= 0.6 is 0 Å². The van der Waals surface area contributed by atoms with Crippen molar-refractivity contribution in [1.82, 2.24) is 15.3 Å². The molecule has 0 saturated heterocycles. The van der Waals surface area contributed by atoms with E-state index >= 15 is 0 Å². The summed E-state index contributed by atoms with van der Waals surface area (Å²) in [4.78, 5) is 36.6. The smallest absolute Gasteiger partial charge is 0.238 e. The Morgan fingerprint density at radius 2 is 1.77 bits per heavy atom. The lowest BCUT2D eigenvalue weighted by Gasteiger charge is -2.28. The molecule has 152 valence electrons. The number of nitrogens with one attached hydrogen (secondary N) is 1. The largest absolute Gasteiger partial charge is 0.350 e. The van der Waals surface area contributed by atoms with Gasteiger partial charge in [-0.2, -0.15) is 0 Å². The number of para-hydroxylation sites is 1. The quantitative estimate of drug-likeness (QED) is 0.690. The molecule has 0 aliphatic carbocycles. The number of carbonyl (C=O) groups is 2. The molecule has 6 heteroatoms. The molecule has 4 rings (SSSR count). The van der Waals surface area contributed by atoms with E-state index in [1.165, 1.54) is 0 Å². The summed E-state index contributed by atoms with van der Waals surface area (Å²) >= 11 is 0. The van der Waals surface area contributed by atoms with Gasteiger partial charge in [-0.3, -0.25) is 19.6 Å². The minimum Gasteiger partial charge on any atom is -0.350 e. The summed E-state index contributed by atoms with van der Waals surface area (Å²) in [6.45, 7) is 2.14. The van der Waals surface area contributed by atoms with Gasteiger partial charge in [-0.15, -0.1) is 0 Å². The van der Waals surface area contributed by atoms with E-state index in [0.29, 0.717) is 12.1 Å². The zero-order chi connectivity index (χ0) is 21.1. The van der Waals surface area contributed by atoms with Crippen LogP contribution in [0.25, 0.3) is 0 Å². The topological polar surface area (TPSA) is 75.2 Å². The van der Waals surface area contributed by atoms with Crippen molar-refractivity contribution in [2.45, 2.75) is 31.7 Å². The van der Waals surface area contributed by atoms with E-state index in [0.717, 1.165) is 22.5 Å². The van der Waals surface area contributed by atoms with Crippen LogP contribution in [0.1, 0.15) is 28.9 Å². The molecular formula is C24H24N4O2. The van der Waals surface area contributed by atoms with Gasteiger partial charge in [0.05, 0.1) is 29.5 Å². The molecule has 0 fully saturated rings. The fourth-order valence-electron chi connectivity index (χ4n) is 4.10. The number of amides is 2. The van der Waals surface area contributed by atoms with E-state index in [9.17, 15) is 9.59 Å². The Labute approximate surface area is 176 Å². The molecule has 0 saturated carbocycles. The van der Waals surface area contributed by atoms with Crippen LogP contribution in [0.15, 0.2) is 67.0 Å². The Morgan fingerprint density at radius 3 is 2.50 bits per heavy atom. The molecule has 1 aliphatic rings. The predicted molar refractivity (Wildman–Crippen MR) is 115 cm³/mol. The van der Waals surface area contributed by atoms with Crippen molar-refractivity contribution in [3.8, 4) is 0 Å². The number of likely N-dealkylation sites (N-methyl/N-ethyl adjacent to an activating group) is 1. The summed E-state index contributed by atoms with van der Waals surface area (Å²) in [5, 5.41) is 2.91. The normalized spacial score (nSPS) is 17.7. The second-order valence-electron chi connectivity index (χ2n) is 7.73. The molecule has 2 heterocycles. The van der Waals surface area contributed by atoms with Crippen molar-refractivity contribution in [3.63, 3.8) is 0 Å². The van der Waals surface area contributed by atoms with Gasteiger partial charge in [0, 0.05) is 25.4 Å². The van der Waals surface area contributed by atoms with Crippen molar-refractivity contribution in [3.05, 3.63) is 89.5 Å². The fraction of sp³-hybridized carbons (Fsp3) is 0.250. The molecule has 1 aliphatic heterocycles. The van der Waals surface area contributed by atoms with Gasteiger partial charge in [-0.05, 0) is 30.5 Å². The van der Waals surface area contributed by atoms with Crippen LogP contribution in [0.2, 0.25) is 0 Å². The summed E-state index contributed by atoms with van der Waals surface area (Å²) in [7, 11) is 1.77. The summed E-state index contributed by atoms with van der Waals surface area (Å²) in [5.74, 6) is -0.246. The van der Waals surface area contributed by atoms with Crippen LogP contribution in [0.3, 0.4) is 0 Å². The molecule has 0 bridgehead atoms. The third kappa shape index (κ3) is 3.68. The number of fused-ring (bicyclic) bond motifs is 1. The second-order valence-corrected chi connectivity index (χ2v) is 7.73. The Hall–Kier alpha value is -3.54. The summed E-state index contributed by atoms with van der Waals surface area (Å²) in [6.07, 6.45) is 3.86. The number of hydrogen-bond donors (Lipinski definition) is 1. The van der Waals surface area contributed by atoms with Crippen LogP contribution in [-0.2, 0) is 28.0 Å². The van der Waals surface area contributed by atoms with Crippen molar-refractivity contribution in [1.29, 1.82) is 0 Å². The van der Waals surface area contributed by atoms with Crippen molar-refractivity contribution < 1.29 is 9.59 Å². The third-order valence-electron chi connectivity index (χ3n) is 5.61. The monoisotopic (exact) mass is 400 g/mol. The van der Waals surface area contributed by atoms with E-state index in [-0.39, 0.29) is 24.8 Å². The molecule has 30 heavy (non-hydrogen) atoms. The molecule has 1 N–H and O–H groups in total. The predicted octanol–water partition coefficient (Wildman–Crippen LogP) is 2.95. The average Bonchev–Trinajstić information content (AvgIpc) is 2.96. The minimum atomic E-state index is -0.935. The maximum atomic E-state index is 13.5. The third-order valence-corrected chi connectivity index (χ3v) is 5.61. The first-order valence-electron chi connectivity index (χ1n) is 9.95. The number of aromatic nitrogens is 2. The van der Waals surface area contributed by atoms with Crippen molar-refractivity contribution in [2.75, 3.05) is 11.9 Å². The lowest BCUT2D eigenvalue weighted by molar-refractivity contribution is -0.129. The first-order valence-corrected chi connectivity index (χ1v) is 9.95. The number of nitrogens with zero attached hydrogens (tertiary/aromatic N) is 3. The number of anilines is 1. The van der Waals surface area contributed by atoms with Gasteiger partial charge in [0.25, 0.3) is 0 Å². The highest BCUT2D eigenvalue weighted by atomic mass is 16.2. The summed E-state index contributed by atoms with van der Waals surface area (Å²) in [6, 6.07) is 17.6. The zero-order valence-electron chi connectivity index (χ0n) is 17.1. The van der Waals surface area contributed by atoms with Gasteiger partial charge in [-0.25, -0.2) is 0 Å². The first kappa shape index (κ1) is 19.8. The maximum Gasteiger partial charge on any atom is 0.238 e. The number of rotatable bonds is 6. The Morgan fingerprint density at radius 1 is 1.03 bits per heavy atom. The first-order chi connectivity index (χ1) is 14.5. The van der Waals surface area contributed by atoms with Gasteiger partial charge in [-0.1, -0.05) is 48.5 Å². The Bertz CT molecular complexity index is 1070. The standard InChI is InChI=1S/C24H24N4O2/c1-17-14-26-19(15-25-17)16-27-22(29)13-24(12-18-8-4-3-5-9-18)20-10-6-7-11-21(20)28(2)23(24)30/h3-11,14-15H,12-13,16H2,1-2H3,(H,27,29)/t24-/m1/s1. The molecule has 6 nitrogen and oxygen atoms in total. The highest BCUT2D eigenvalue weighted by Gasteiger charge is 2.50. The molecule has 2 aromatic carbocycles. The van der Waals surface area contributed by atoms with Crippen LogP contribution in [-0.4, -0.2) is 28.8 Å². The van der Waals surface area contributed by atoms with Crippen molar-refractivity contribution >= 4 is 17.5 Å². The highest BCUT2D eigenvalue weighted by molar-refractivity contribution is 6.09. The molecule has 2 amide bonds. The van der Waals surface area contributed by atoms with Gasteiger partial charge in [0.2, 0.25) is 11.8 Å². The van der Waals surface area contributed by atoms with Gasteiger partial charge in [0.1, 0.15) is 0 Å². The van der Waals surface area contributed by atoms with E-state index < -0.39 is 5.41 Å². The Balaban J connectivity index is 1.62. The number of hydrogen-bond acceptors (Lipinski definition) is 4. The number of benzene rings is 2. The summed E-state index contributed by atoms with van der Waals surface area (Å²) in [5.41, 5.74) is 3.34. The van der Waals surface area contributed by atoms with Gasteiger partial charge in [0.15, 0.2) is 0 Å². The maximum absolute atomic E-state index is 13.5. The molecular weight excluding hydrogens is 376 g/mol. The highest BCUT2D eigenvalue weighted by Crippen LogP contribution is 2.45. The van der Waals surface area contributed by atoms with E-state index in [1.807, 2.05) is 61.5 Å². The lowest BCUT2D eigenvalue weighted by atomic mass is 9.73. The molecule has 0 radical (unpaired) electrons. The van der Waals surface area contributed by atoms with Gasteiger partial charge < -0.3 is 10.2 Å². The lowest BCUT2D eigenvalue weighted by Crippen LogP contribution is -2.44. The number of aryl methyl sites for hydroxylation is 1. The zero-order valence-corrected chi connectivity index (χ0v) is 17.1. The fourth-order valence-corrected chi connectivity index (χ4v) is 4.10. The second kappa shape index (κ2) is 8.06.